The summed E-state index contributed by atoms with van der Waals surface area (Å²) < 4.78 is 0. The minimum absolute atomic E-state index is 0. The Bertz CT molecular complexity index is 367. The number of piperidine rings is 1. The molecule has 0 bridgehead atoms. The molecule has 0 spiro atoms. The van der Waals surface area contributed by atoms with Gasteiger partial charge in [0.2, 0.25) is 5.91 Å². The van der Waals surface area contributed by atoms with Crippen molar-refractivity contribution in [3.8, 4) is 0 Å². The zero-order chi connectivity index (χ0) is 15.9. The quantitative estimate of drug-likeness (QED) is 0.351. The van der Waals surface area contributed by atoms with Crippen LogP contribution in [0.4, 0.5) is 0 Å². The van der Waals surface area contributed by atoms with Gasteiger partial charge < -0.3 is 20.6 Å². The van der Waals surface area contributed by atoms with E-state index in [-0.39, 0.29) is 36.0 Å². The molecule has 7 heteroatoms. The van der Waals surface area contributed by atoms with Gasteiger partial charge in [-0.3, -0.25) is 9.79 Å². The first kappa shape index (κ1) is 21.4. The van der Waals surface area contributed by atoms with Gasteiger partial charge in [0.05, 0.1) is 18.1 Å². The summed E-state index contributed by atoms with van der Waals surface area (Å²) in [6.07, 6.45) is 1.34. The highest BCUT2D eigenvalue weighted by Gasteiger charge is 2.27. The van der Waals surface area contributed by atoms with Crippen molar-refractivity contribution in [2.24, 2.45) is 10.4 Å². The molecule has 6 nitrogen and oxygen atoms in total. The van der Waals surface area contributed by atoms with Crippen molar-refractivity contribution in [3.05, 3.63) is 0 Å². The number of carbonyl (C=O) groups is 1. The summed E-state index contributed by atoms with van der Waals surface area (Å²) in [5.41, 5.74) is -0.522. The number of nitrogens with zero attached hydrogens (tertiary/aromatic N) is 2. The lowest BCUT2D eigenvalue weighted by molar-refractivity contribution is -0.128. The number of aliphatic imine (C=N–C) groups is 1. The predicted octanol–water partition coefficient (Wildman–Crippen LogP) is 1.19. The third kappa shape index (κ3) is 6.68. The Balaban J connectivity index is 0.00000441. The van der Waals surface area contributed by atoms with Gasteiger partial charge in [0, 0.05) is 26.2 Å². The van der Waals surface area contributed by atoms with E-state index in [0.29, 0.717) is 13.1 Å². The number of hydrogen-bond donors (Lipinski definition) is 3. The van der Waals surface area contributed by atoms with Gasteiger partial charge in [-0.05, 0) is 40.5 Å². The smallest absolute Gasteiger partial charge is 0.227 e. The first-order valence-corrected chi connectivity index (χ1v) is 7.90. The molecule has 0 aliphatic carbocycles. The van der Waals surface area contributed by atoms with Gasteiger partial charge in [-0.2, -0.15) is 0 Å². The highest BCUT2D eigenvalue weighted by atomic mass is 127. The van der Waals surface area contributed by atoms with Crippen LogP contribution < -0.4 is 10.6 Å². The molecule has 0 aromatic rings. The van der Waals surface area contributed by atoms with Crippen molar-refractivity contribution in [2.75, 3.05) is 32.7 Å². The number of aliphatic hydroxyl groups is 1. The van der Waals surface area contributed by atoms with Gasteiger partial charge in [-0.25, -0.2) is 0 Å². The Morgan fingerprint density at radius 1 is 1.23 bits per heavy atom. The molecule has 22 heavy (non-hydrogen) atoms. The third-order valence-corrected chi connectivity index (χ3v) is 3.68. The van der Waals surface area contributed by atoms with E-state index in [9.17, 15) is 9.90 Å². The predicted molar refractivity (Wildman–Crippen MR) is 101 cm³/mol. The van der Waals surface area contributed by atoms with Crippen LogP contribution >= 0.6 is 24.0 Å². The van der Waals surface area contributed by atoms with Gasteiger partial charge in [0.15, 0.2) is 5.96 Å². The van der Waals surface area contributed by atoms with Crippen molar-refractivity contribution in [1.82, 2.24) is 15.5 Å². The molecule has 0 radical (unpaired) electrons. The Labute approximate surface area is 151 Å². The molecule has 1 fully saturated rings. The molecule has 0 atom stereocenters. The molecule has 0 aromatic carbocycles. The number of guanidine groups is 1. The van der Waals surface area contributed by atoms with Crippen molar-refractivity contribution in [3.63, 3.8) is 0 Å². The second-order valence-corrected chi connectivity index (χ2v) is 6.13. The number of hydrogen-bond acceptors (Lipinski definition) is 3. The average molecular weight is 426 g/mol. The van der Waals surface area contributed by atoms with Crippen LogP contribution in [0.25, 0.3) is 0 Å². The number of rotatable bonds is 5. The molecule has 1 aliphatic rings. The Kier molecular flexibility index (Phi) is 9.99. The number of aliphatic hydroxyl groups excluding tert-OH is 1. The molecule has 0 saturated carbocycles. The van der Waals surface area contributed by atoms with Crippen LogP contribution in [-0.2, 0) is 4.79 Å². The number of nitrogens with one attached hydrogen (secondary N) is 2. The molecule has 1 amide bonds. The summed E-state index contributed by atoms with van der Waals surface area (Å²) in [5, 5.41) is 15.7. The van der Waals surface area contributed by atoms with E-state index in [4.69, 9.17) is 0 Å². The Morgan fingerprint density at radius 2 is 1.77 bits per heavy atom. The monoisotopic (exact) mass is 426 g/mol. The summed E-state index contributed by atoms with van der Waals surface area (Å²) in [6, 6.07) is 0. The molecule has 1 heterocycles. The van der Waals surface area contributed by atoms with Crippen LogP contribution in [0.1, 0.15) is 40.5 Å². The van der Waals surface area contributed by atoms with E-state index >= 15 is 0 Å². The fraction of sp³-hybridized carbons (Fsp3) is 0.867. The average Bonchev–Trinajstić information content (AvgIpc) is 2.45. The molecule has 1 aliphatic heterocycles. The van der Waals surface area contributed by atoms with E-state index in [1.807, 2.05) is 27.7 Å². The number of likely N-dealkylation sites (tertiary alicyclic amines) is 1. The summed E-state index contributed by atoms with van der Waals surface area (Å²) in [4.78, 5) is 18.8. The van der Waals surface area contributed by atoms with Crippen LogP contribution in [0.2, 0.25) is 0 Å². The minimum atomic E-state index is -0.522. The summed E-state index contributed by atoms with van der Waals surface area (Å²) in [7, 11) is 0. The lowest BCUT2D eigenvalue weighted by Crippen LogP contribution is -2.47. The van der Waals surface area contributed by atoms with E-state index in [2.05, 4.69) is 20.5 Å². The maximum absolute atomic E-state index is 12.0. The van der Waals surface area contributed by atoms with Crippen molar-refractivity contribution in [2.45, 2.75) is 46.6 Å². The van der Waals surface area contributed by atoms with Crippen LogP contribution in [0.3, 0.4) is 0 Å². The van der Waals surface area contributed by atoms with Gasteiger partial charge in [-0.15, -0.1) is 24.0 Å². The van der Waals surface area contributed by atoms with E-state index in [0.717, 1.165) is 38.4 Å². The molecule has 0 unspecified atom stereocenters. The van der Waals surface area contributed by atoms with Crippen molar-refractivity contribution < 1.29 is 9.90 Å². The first-order chi connectivity index (χ1) is 9.90. The molecule has 0 aromatic heterocycles. The SMILES string of the molecule is CCNC(=O)C(C)(C)CN=C(NCC)N1CCC(O)CC1.I. The number of amides is 1. The summed E-state index contributed by atoms with van der Waals surface area (Å²) in [5.74, 6) is 0.862. The third-order valence-electron chi connectivity index (χ3n) is 3.68. The Morgan fingerprint density at radius 3 is 2.27 bits per heavy atom. The van der Waals surface area contributed by atoms with Gasteiger partial charge in [0.1, 0.15) is 0 Å². The molecule has 130 valence electrons. The van der Waals surface area contributed by atoms with E-state index in [1.54, 1.807) is 0 Å². The molecular weight excluding hydrogens is 395 g/mol. The largest absolute Gasteiger partial charge is 0.393 e. The van der Waals surface area contributed by atoms with Crippen LogP contribution in [0.15, 0.2) is 4.99 Å². The number of carbonyl (C=O) groups excluding carboxylic acids is 1. The van der Waals surface area contributed by atoms with Crippen LogP contribution in [0, 0.1) is 5.41 Å². The van der Waals surface area contributed by atoms with Gasteiger partial charge >= 0.3 is 0 Å². The second kappa shape index (κ2) is 10.3. The maximum Gasteiger partial charge on any atom is 0.227 e. The highest BCUT2D eigenvalue weighted by Crippen LogP contribution is 2.16. The van der Waals surface area contributed by atoms with Gasteiger partial charge in [0.25, 0.3) is 0 Å². The normalized spacial score (nSPS) is 17.0. The topological polar surface area (TPSA) is 77.0 Å². The molecular formula is C15H31IN4O2. The standard InChI is InChI=1S/C15H30N4O2.HI/c1-5-16-13(21)15(3,4)11-18-14(17-6-2)19-9-7-12(20)8-10-19;/h12,20H,5-11H2,1-4H3,(H,16,21)(H,17,18);1H. The number of halogens is 1. The van der Waals surface area contributed by atoms with E-state index < -0.39 is 5.41 Å². The second-order valence-electron chi connectivity index (χ2n) is 6.13. The molecule has 3 N–H and O–H groups in total. The van der Waals surface area contributed by atoms with Crippen LogP contribution in [0.5, 0.6) is 0 Å². The summed E-state index contributed by atoms with van der Waals surface area (Å²) >= 11 is 0. The van der Waals surface area contributed by atoms with Crippen molar-refractivity contribution in [1.29, 1.82) is 0 Å². The lowest BCUT2D eigenvalue weighted by atomic mass is 9.92. The van der Waals surface area contributed by atoms with Gasteiger partial charge in [-0.1, -0.05) is 0 Å². The lowest BCUT2D eigenvalue weighted by Gasteiger charge is -2.33. The Hall–Kier alpha value is -0.570. The highest BCUT2D eigenvalue weighted by molar-refractivity contribution is 14.0. The van der Waals surface area contributed by atoms with Crippen LogP contribution in [-0.4, -0.2) is 60.7 Å². The fourth-order valence-electron chi connectivity index (χ4n) is 2.25. The maximum atomic E-state index is 12.0. The molecule has 1 rings (SSSR count). The van der Waals surface area contributed by atoms with Crippen molar-refractivity contribution >= 4 is 35.8 Å². The first-order valence-electron chi connectivity index (χ1n) is 7.90. The fourth-order valence-corrected chi connectivity index (χ4v) is 2.25. The zero-order valence-corrected chi connectivity index (χ0v) is 16.5. The summed E-state index contributed by atoms with van der Waals surface area (Å²) in [6.45, 7) is 11.2. The minimum Gasteiger partial charge on any atom is -0.393 e. The van der Waals surface area contributed by atoms with E-state index in [1.165, 1.54) is 0 Å². The zero-order valence-electron chi connectivity index (χ0n) is 14.2. The molecule has 1 saturated heterocycles.